The molecule has 0 spiro atoms. The van der Waals surface area contributed by atoms with Gasteiger partial charge in [-0.3, -0.25) is 4.79 Å². The van der Waals surface area contributed by atoms with Crippen LogP contribution < -0.4 is 5.48 Å². The number of ether oxygens (including phenoxy) is 1. The first kappa shape index (κ1) is 21.2. The summed E-state index contributed by atoms with van der Waals surface area (Å²) in [7, 11) is 2.02. The fourth-order valence-corrected chi connectivity index (χ4v) is 2.59. The molecular formula is C20H31N3O4. The van der Waals surface area contributed by atoms with E-state index in [4.69, 9.17) is 9.57 Å². The average Bonchev–Trinajstić information content (AvgIpc) is 2.63. The minimum atomic E-state index is -0.758. The third-order valence-electron chi connectivity index (χ3n) is 4.26. The third-order valence-corrected chi connectivity index (χ3v) is 4.26. The molecule has 1 aromatic carbocycles. The second kappa shape index (κ2) is 9.71. The van der Waals surface area contributed by atoms with Crippen molar-refractivity contribution in [1.29, 1.82) is 0 Å². The Bertz CT molecular complexity index is 607. The lowest BCUT2D eigenvalue weighted by Gasteiger charge is -2.31. The van der Waals surface area contributed by atoms with E-state index in [-0.39, 0.29) is 5.41 Å². The van der Waals surface area contributed by atoms with Gasteiger partial charge in [-0.1, -0.05) is 51.1 Å². The average molecular weight is 377 g/mol. The molecule has 7 nitrogen and oxygen atoms in total. The van der Waals surface area contributed by atoms with Gasteiger partial charge in [0, 0.05) is 32.6 Å². The maximum absolute atomic E-state index is 12.5. The Hall–Kier alpha value is -2.12. The van der Waals surface area contributed by atoms with Crippen molar-refractivity contribution < 1.29 is 19.2 Å². The zero-order chi connectivity index (χ0) is 19.9. The number of amides is 1. The maximum Gasteiger partial charge on any atom is 0.428 e. The summed E-state index contributed by atoms with van der Waals surface area (Å²) in [6, 6.07) is 8.82. The number of nitrogens with zero attached hydrogens (tertiary/aromatic N) is 2. The number of rotatable bonds is 6. The number of nitrogens with one attached hydrogen (secondary N) is 1. The minimum absolute atomic E-state index is 0.135. The van der Waals surface area contributed by atoms with Crippen LogP contribution in [-0.2, 0) is 20.8 Å². The van der Waals surface area contributed by atoms with Gasteiger partial charge in [-0.2, -0.15) is 0 Å². The van der Waals surface area contributed by atoms with Crippen LogP contribution in [0.1, 0.15) is 26.3 Å². The zero-order valence-electron chi connectivity index (χ0n) is 16.7. The first-order chi connectivity index (χ1) is 12.7. The summed E-state index contributed by atoms with van der Waals surface area (Å²) in [5, 5.41) is 0. The predicted molar refractivity (Wildman–Crippen MR) is 103 cm³/mol. The Morgan fingerprint density at radius 1 is 1.11 bits per heavy atom. The summed E-state index contributed by atoms with van der Waals surface area (Å²) in [6.07, 6.45) is -0.0930. The molecule has 2 rings (SSSR count). The van der Waals surface area contributed by atoms with Crippen LogP contribution in [0.15, 0.2) is 30.3 Å². The predicted octanol–water partition coefficient (Wildman–Crippen LogP) is 2.08. The van der Waals surface area contributed by atoms with E-state index in [1.165, 1.54) is 0 Å². The lowest BCUT2D eigenvalue weighted by atomic mass is 9.98. The molecule has 0 unspecified atom stereocenters. The highest BCUT2D eigenvalue weighted by Crippen LogP contribution is 2.14. The molecule has 1 N–H and O–H groups in total. The molecule has 1 aliphatic rings. The minimum Gasteiger partial charge on any atom is -0.464 e. The Balaban J connectivity index is 1.94. The van der Waals surface area contributed by atoms with Gasteiger partial charge in [0.25, 0.3) is 0 Å². The van der Waals surface area contributed by atoms with Crippen LogP contribution in [0.25, 0.3) is 0 Å². The van der Waals surface area contributed by atoms with E-state index in [0.29, 0.717) is 26.1 Å². The van der Waals surface area contributed by atoms with E-state index in [1.807, 2.05) is 58.2 Å². The third kappa shape index (κ3) is 7.56. The van der Waals surface area contributed by atoms with Crippen molar-refractivity contribution >= 4 is 12.1 Å². The fourth-order valence-electron chi connectivity index (χ4n) is 2.59. The lowest BCUT2D eigenvalue weighted by molar-refractivity contribution is -0.152. The largest absolute Gasteiger partial charge is 0.464 e. The molecule has 0 aliphatic carbocycles. The molecule has 1 amide bonds. The number of hydrogen-bond acceptors (Lipinski definition) is 6. The van der Waals surface area contributed by atoms with E-state index in [2.05, 4.69) is 10.4 Å². The van der Waals surface area contributed by atoms with E-state index in [1.54, 1.807) is 4.90 Å². The van der Waals surface area contributed by atoms with Crippen molar-refractivity contribution in [2.45, 2.75) is 33.2 Å². The van der Waals surface area contributed by atoms with Gasteiger partial charge in [0.05, 0.1) is 6.61 Å². The van der Waals surface area contributed by atoms with Gasteiger partial charge in [0.15, 0.2) is 0 Å². The smallest absolute Gasteiger partial charge is 0.428 e. The molecule has 1 aromatic rings. The number of piperazine rings is 1. The number of hydrogen-bond donors (Lipinski definition) is 1. The SMILES string of the molecule is CN1CCN(C(=O)ON[C@@H](Cc2ccccc2)C(=O)OCC(C)(C)C)CC1. The Morgan fingerprint density at radius 3 is 2.33 bits per heavy atom. The summed E-state index contributed by atoms with van der Waals surface area (Å²) in [5.41, 5.74) is 3.45. The normalized spacial score (nSPS) is 16.7. The van der Waals surface area contributed by atoms with Gasteiger partial charge in [-0.05, 0) is 18.0 Å². The topological polar surface area (TPSA) is 71.1 Å². The van der Waals surface area contributed by atoms with Gasteiger partial charge >= 0.3 is 12.1 Å². The van der Waals surface area contributed by atoms with Crippen molar-refractivity contribution in [2.24, 2.45) is 5.41 Å². The van der Waals surface area contributed by atoms with Crippen molar-refractivity contribution in [3.63, 3.8) is 0 Å². The molecule has 27 heavy (non-hydrogen) atoms. The number of esters is 1. The second-order valence-electron chi connectivity index (χ2n) is 8.19. The fraction of sp³-hybridized carbons (Fsp3) is 0.600. The molecule has 1 saturated heterocycles. The highest BCUT2D eigenvalue weighted by molar-refractivity contribution is 5.76. The molecule has 1 fully saturated rings. The molecule has 0 radical (unpaired) electrons. The van der Waals surface area contributed by atoms with Crippen LogP contribution in [0.4, 0.5) is 4.79 Å². The van der Waals surface area contributed by atoms with Gasteiger partial charge in [0.2, 0.25) is 0 Å². The first-order valence-electron chi connectivity index (χ1n) is 9.35. The van der Waals surface area contributed by atoms with E-state index < -0.39 is 18.1 Å². The summed E-state index contributed by atoms with van der Waals surface area (Å²) < 4.78 is 5.42. The monoisotopic (exact) mass is 377 g/mol. The van der Waals surface area contributed by atoms with E-state index in [9.17, 15) is 9.59 Å². The van der Waals surface area contributed by atoms with Crippen LogP contribution in [0.5, 0.6) is 0 Å². The Morgan fingerprint density at radius 2 is 1.74 bits per heavy atom. The molecular weight excluding hydrogens is 346 g/mol. The first-order valence-corrected chi connectivity index (χ1v) is 9.35. The standard InChI is InChI=1S/C20H31N3O4/c1-20(2,3)15-26-18(24)17(14-16-8-6-5-7-9-16)21-27-19(25)23-12-10-22(4)11-13-23/h5-9,17,21H,10-15H2,1-4H3/t17-/m0/s1. The van der Waals surface area contributed by atoms with Crippen molar-refractivity contribution in [1.82, 2.24) is 15.3 Å². The molecule has 0 saturated carbocycles. The maximum atomic E-state index is 12.5. The summed E-state index contributed by atoms with van der Waals surface area (Å²) in [6.45, 7) is 9.09. The quantitative estimate of drug-likeness (QED) is 0.605. The summed E-state index contributed by atoms with van der Waals surface area (Å²) in [5.74, 6) is -0.431. The van der Waals surface area contributed by atoms with Crippen molar-refractivity contribution in [3.05, 3.63) is 35.9 Å². The van der Waals surface area contributed by atoms with Crippen LogP contribution in [0.2, 0.25) is 0 Å². The van der Waals surface area contributed by atoms with Gasteiger partial charge in [-0.15, -0.1) is 5.48 Å². The number of carbonyl (C=O) groups excluding carboxylic acids is 2. The Labute approximate surface area is 161 Å². The van der Waals surface area contributed by atoms with Gasteiger partial charge in [-0.25, -0.2) is 4.79 Å². The molecule has 1 aliphatic heterocycles. The Kier molecular flexibility index (Phi) is 7.62. The molecule has 7 heteroatoms. The molecule has 0 aromatic heterocycles. The number of likely N-dealkylation sites (N-methyl/N-ethyl adjacent to an activating group) is 1. The van der Waals surface area contributed by atoms with Crippen molar-refractivity contribution in [2.75, 3.05) is 39.8 Å². The van der Waals surface area contributed by atoms with Gasteiger partial charge in [0.1, 0.15) is 6.04 Å². The highest BCUT2D eigenvalue weighted by atomic mass is 16.7. The zero-order valence-corrected chi connectivity index (χ0v) is 16.7. The van der Waals surface area contributed by atoms with Crippen LogP contribution in [0, 0.1) is 5.41 Å². The van der Waals surface area contributed by atoms with Crippen LogP contribution in [0.3, 0.4) is 0 Å². The number of carbonyl (C=O) groups is 2. The highest BCUT2D eigenvalue weighted by Gasteiger charge is 2.26. The van der Waals surface area contributed by atoms with Gasteiger partial charge < -0.3 is 19.4 Å². The number of hydroxylamine groups is 1. The van der Waals surface area contributed by atoms with Crippen LogP contribution >= 0.6 is 0 Å². The summed E-state index contributed by atoms with van der Waals surface area (Å²) >= 11 is 0. The van der Waals surface area contributed by atoms with E-state index >= 15 is 0 Å². The summed E-state index contributed by atoms with van der Waals surface area (Å²) in [4.78, 5) is 33.8. The van der Waals surface area contributed by atoms with Crippen molar-refractivity contribution in [3.8, 4) is 0 Å². The molecule has 1 heterocycles. The second-order valence-corrected chi connectivity index (χ2v) is 8.19. The van der Waals surface area contributed by atoms with E-state index in [0.717, 1.165) is 18.7 Å². The molecule has 150 valence electrons. The van der Waals surface area contributed by atoms with Crippen LogP contribution in [-0.4, -0.2) is 67.7 Å². The molecule has 0 bridgehead atoms. The lowest BCUT2D eigenvalue weighted by Crippen LogP contribution is -2.50. The molecule has 1 atom stereocenters. The number of benzene rings is 1.